The third-order valence-electron chi connectivity index (χ3n) is 3.28. The highest BCUT2D eigenvalue weighted by Gasteiger charge is 2.16. The fourth-order valence-electron chi connectivity index (χ4n) is 2.31. The number of thiophene rings is 1. The molecule has 0 amide bonds. The van der Waals surface area contributed by atoms with E-state index in [-0.39, 0.29) is 0 Å². The number of rotatable bonds is 3. The molecule has 0 saturated heterocycles. The molecule has 5 heteroatoms. The predicted molar refractivity (Wildman–Crippen MR) is 77.3 cm³/mol. The Hall–Kier alpha value is -1.85. The quantitative estimate of drug-likeness (QED) is 0.944. The van der Waals surface area contributed by atoms with Crippen LogP contribution in [0.5, 0.6) is 5.75 Å². The summed E-state index contributed by atoms with van der Waals surface area (Å²) in [5.74, 6) is 0.0956. The Balaban J connectivity index is 1.73. The van der Waals surface area contributed by atoms with Crippen LogP contribution in [0.1, 0.15) is 20.1 Å². The van der Waals surface area contributed by atoms with E-state index in [9.17, 15) is 4.79 Å². The van der Waals surface area contributed by atoms with Crippen molar-refractivity contribution in [2.24, 2.45) is 0 Å². The van der Waals surface area contributed by atoms with Crippen LogP contribution < -0.4 is 4.74 Å². The normalized spacial score (nSPS) is 15.2. The van der Waals surface area contributed by atoms with Gasteiger partial charge in [0.1, 0.15) is 17.2 Å². The lowest BCUT2D eigenvalue weighted by molar-refractivity contribution is 0.0702. The molecule has 1 N–H and O–H groups in total. The van der Waals surface area contributed by atoms with Gasteiger partial charge in [0.05, 0.1) is 0 Å². The number of nitrogens with zero attached hydrogens (tertiary/aromatic N) is 1. The van der Waals surface area contributed by atoms with Crippen molar-refractivity contribution in [3.63, 3.8) is 0 Å². The molecular formula is C15H15NO3S. The van der Waals surface area contributed by atoms with Gasteiger partial charge >= 0.3 is 5.97 Å². The molecule has 2 heterocycles. The maximum Gasteiger partial charge on any atom is 0.345 e. The minimum absolute atomic E-state index is 0.395. The number of benzene rings is 1. The lowest BCUT2D eigenvalue weighted by Crippen LogP contribution is -2.24. The minimum Gasteiger partial charge on any atom is -0.492 e. The molecule has 0 radical (unpaired) electrons. The SMILES string of the molecule is O=C(O)c1ccc(CN2CCOc3ccccc3C2)s1. The number of fused-ring (bicyclic) bond motifs is 1. The summed E-state index contributed by atoms with van der Waals surface area (Å²) < 4.78 is 5.73. The molecule has 20 heavy (non-hydrogen) atoms. The van der Waals surface area contributed by atoms with Crippen LogP contribution in [0.3, 0.4) is 0 Å². The molecule has 1 aliphatic heterocycles. The van der Waals surface area contributed by atoms with Gasteiger partial charge in [0, 0.05) is 30.1 Å². The first-order chi connectivity index (χ1) is 9.72. The summed E-state index contributed by atoms with van der Waals surface area (Å²) in [6.45, 7) is 3.09. The number of hydrogen-bond donors (Lipinski definition) is 1. The maximum absolute atomic E-state index is 10.9. The first-order valence-corrected chi connectivity index (χ1v) is 7.29. The summed E-state index contributed by atoms with van der Waals surface area (Å²) in [7, 11) is 0. The van der Waals surface area contributed by atoms with Crippen LogP contribution in [0, 0.1) is 0 Å². The molecule has 1 aromatic carbocycles. The average molecular weight is 289 g/mol. The molecule has 1 aromatic heterocycles. The largest absolute Gasteiger partial charge is 0.492 e. The van der Waals surface area contributed by atoms with Crippen molar-refractivity contribution in [3.8, 4) is 5.75 Å². The Bertz CT molecular complexity index is 623. The Kier molecular flexibility index (Phi) is 3.71. The minimum atomic E-state index is -0.856. The summed E-state index contributed by atoms with van der Waals surface area (Å²) in [5.41, 5.74) is 1.18. The van der Waals surface area contributed by atoms with Crippen molar-refractivity contribution in [1.29, 1.82) is 0 Å². The lowest BCUT2D eigenvalue weighted by Gasteiger charge is -2.18. The average Bonchev–Trinajstić information content (AvgIpc) is 2.80. The zero-order valence-corrected chi connectivity index (χ0v) is 11.7. The van der Waals surface area contributed by atoms with E-state index in [1.165, 1.54) is 16.9 Å². The molecule has 0 aliphatic carbocycles. The molecule has 1 aliphatic rings. The fourth-order valence-corrected chi connectivity index (χ4v) is 3.20. The van der Waals surface area contributed by atoms with Gasteiger partial charge in [-0.25, -0.2) is 4.79 Å². The van der Waals surface area contributed by atoms with E-state index in [2.05, 4.69) is 11.0 Å². The van der Waals surface area contributed by atoms with Gasteiger partial charge in [0.25, 0.3) is 0 Å². The van der Waals surface area contributed by atoms with Crippen LogP contribution in [-0.2, 0) is 13.1 Å². The first kappa shape index (κ1) is 13.1. The zero-order chi connectivity index (χ0) is 13.9. The third kappa shape index (κ3) is 2.84. The summed E-state index contributed by atoms with van der Waals surface area (Å²) in [5, 5.41) is 8.96. The van der Waals surface area contributed by atoms with Crippen LogP contribution >= 0.6 is 11.3 Å². The van der Waals surface area contributed by atoms with Crippen LogP contribution in [0.25, 0.3) is 0 Å². The standard InChI is InChI=1S/C15H15NO3S/c17-15(18)14-6-5-12(20-14)10-16-7-8-19-13-4-2-1-3-11(13)9-16/h1-6H,7-10H2,(H,17,18). The second kappa shape index (κ2) is 5.64. The highest BCUT2D eigenvalue weighted by Crippen LogP contribution is 2.25. The first-order valence-electron chi connectivity index (χ1n) is 6.47. The molecular weight excluding hydrogens is 274 g/mol. The molecule has 4 nitrogen and oxygen atoms in total. The van der Waals surface area contributed by atoms with Crippen molar-refractivity contribution < 1.29 is 14.6 Å². The Labute approximate surface area is 121 Å². The number of carbonyl (C=O) groups is 1. The summed E-state index contributed by atoms with van der Waals surface area (Å²) in [4.78, 5) is 14.6. The number of hydrogen-bond acceptors (Lipinski definition) is 4. The number of ether oxygens (including phenoxy) is 1. The van der Waals surface area contributed by atoms with Crippen LogP contribution in [0.2, 0.25) is 0 Å². The molecule has 0 unspecified atom stereocenters. The topological polar surface area (TPSA) is 49.8 Å². The van der Waals surface area contributed by atoms with E-state index < -0.39 is 5.97 Å². The van der Waals surface area contributed by atoms with E-state index in [0.29, 0.717) is 11.5 Å². The zero-order valence-electron chi connectivity index (χ0n) is 10.9. The number of carboxylic acids is 1. The Morgan fingerprint density at radius 3 is 2.95 bits per heavy atom. The van der Waals surface area contributed by atoms with Gasteiger partial charge in [-0.1, -0.05) is 18.2 Å². The molecule has 0 spiro atoms. The van der Waals surface area contributed by atoms with Gasteiger partial charge in [-0.05, 0) is 18.2 Å². The second-order valence-corrected chi connectivity index (χ2v) is 5.91. The van der Waals surface area contributed by atoms with Gasteiger partial charge in [-0.15, -0.1) is 11.3 Å². The predicted octanol–water partition coefficient (Wildman–Crippen LogP) is 2.84. The van der Waals surface area contributed by atoms with Gasteiger partial charge in [-0.3, -0.25) is 4.90 Å². The summed E-state index contributed by atoms with van der Waals surface area (Å²) >= 11 is 1.34. The van der Waals surface area contributed by atoms with Crippen molar-refractivity contribution in [1.82, 2.24) is 4.90 Å². The molecule has 0 bridgehead atoms. The maximum atomic E-state index is 10.9. The molecule has 2 aromatic rings. The van der Waals surface area contributed by atoms with Crippen molar-refractivity contribution in [2.75, 3.05) is 13.2 Å². The molecule has 3 rings (SSSR count). The molecule has 0 saturated carbocycles. The van der Waals surface area contributed by atoms with Crippen molar-refractivity contribution >= 4 is 17.3 Å². The lowest BCUT2D eigenvalue weighted by atomic mass is 10.2. The van der Waals surface area contributed by atoms with E-state index >= 15 is 0 Å². The van der Waals surface area contributed by atoms with Crippen molar-refractivity contribution in [3.05, 3.63) is 51.7 Å². The van der Waals surface area contributed by atoms with E-state index in [4.69, 9.17) is 9.84 Å². The highest BCUT2D eigenvalue weighted by molar-refractivity contribution is 7.13. The van der Waals surface area contributed by atoms with Crippen LogP contribution in [0.15, 0.2) is 36.4 Å². The number of carboxylic acid groups (broad SMARTS) is 1. The summed E-state index contributed by atoms with van der Waals surface area (Å²) in [6.07, 6.45) is 0. The fraction of sp³-hybridized carbons (Fsp3) is 0.267. The Morgan fingerprint density at radius 1 is 1.30 bits per heavy atom. The highest BCUT2D eigenvalue weighted by atomic mass is 32.1. The van der Waals surface area contributed by atoms with Crippen LogP contribution in [0.4, 0.5) is 0 Å². The van der Waals surface area contributed by atoms with E-state index in [1.54, 1.807) is 6.07 Å². The second-order valence-electron chi connectivity index (χ2n) is 4.74. The van der Waals surface area contributed by atoms with Crippen molar-refractivity contribution in [2.45, 2.75) is 13.1 Å². The monoisotopic (exact) mass is 289 g/mol. The molecule has 0 atom stereocenters. The van der Waals surface area contributed by atoms with Gasteiger partial charge in [0.15, 0.2) is 0 Å². The molecule has 104 valence electrons. The smallest absolute Gasteiger partial charge is 0.345 e. The van der Waals surface area contributed by atoms with Gasteiger partial charge in [0.2, 0.25) is 0 Å². The van der Waals surface area contributed by atoms with E-state index in [0.717, 1.165) is 30.3 Å². The third-order valence-corrected chi connectivity index (χ3v) is 4.34. The number of para-hydroxylation sites is 1. The van der Waals surface area contributed by atoms with E-state index in [1.807, 2.05) is 24.3 Å². The molecule has 0 fully saturated rings. The van der Waals surface area contributed by atoms with Gasteiger partial charge < -0.3 is 9.84 Å². The Morgan fingerprint density at radius 2 is 2.15 bits per heavy atom. The van der Waals surface area contributed by atoms with Gasteiger partial charge in [-0.2, -0.15) is 0 Å². The number of aromatic carboxylic acids is 1. The van der Waals surface area contributed by atoms with Crippen LogP contribution in [-0.4, -0.2) is 29.1 Å². The summed E-state index contributed by atoms with van der Waals surface area (Å²) in [6, 6.07) is 11.6.